The van der Waals surface area contributed by atoms with Crippen LogP contribution in [0.1, 0.15) is 58.8 Å². The number of aliphatic hydroxyl groups is 6. The summed E-state index contributed by atoms with van der Waals surface area (Å²) in [7, 11) is 3.28. The third kappa shape index (κ3) is 10.6. The highest BCUT2D eigenvalue weighted by molar-refractivity contribution is 8.76. The minimum atomic E-state index is -2.92. The number of hydrogen-bond donors (Lipinski definition) is 10. The van der Waals surface area contributed by atoms with E-state index in [0.29, 0.717) is 34.8 Å². The second-order valence-electron chi connectivity index (χ2n) is 17.1. The fourth-order valence-corrected chi connectivity index (χ4v) is 12.4. The van der Waals surface area contributed by atoms with E-state index in [1.165, 1.54) is 12.3 Å². The highest BCUT2D eigenvalue weighted by atomic mass is 33.1. The third-order valence-electron chi connectivity index (χ3n) is 12.8. The lowest BCUT2D eigenvalue weighted by Gasteiger charge is -2.48. The first-order valence-electron chi connectivity index (χ1n) is 21.3. The van der Waals surface area contributed by atoms with Gasteiger partial charge in [0.05, 0.1) is 48.5 Å². The molecule has 1 saturated heterocycles. The molecular formula is C42H63N4O14S2+. The molecule has 0 aromatic rings. The number of aliphatic hydroxyl groups excluding tert-OH is 4. The van der Waals surface area contributed by atoms with E-state index < -0.39 is 79.2 Å². The van der Waals surface area contributed by atoms with Crippen LogP contribution >= 0.6 is 21.6 Å². The molecule has 0 amide bonds. The van der Waals surface area contributed by atoms with Crippen molar-refractivity contribution in [2.75, 3.05) is 44.4 Å². The molecule has 0 radical (unpaired) electrons. The second-order valence-corrected chi connectivity index (χ2v) is 19.6. The van der Waals surface area contributed by atoms with Crippen molar-refractivity contribution < 1.29 is 73.9 Å². The van der Waals surface area contributed by atoms with Crippen molar-refractivity contribution in [3.05, 3.63) is 59.7 Å². The Labute approximate surface area is 369 Å². The number of nitrogens with one attached hydrogen (secondary N) is 2. The molecule has 0 aromatic carbocycles. The molecule has 1 spiro atoms. The zero-order valence-corrected chi connectivity index (χ0v) is 36.8. The van der Waals surface area contributed by atoms with Gasteiger partial charge < -0.3 is 70.5 Å². The average molecular weight is 912 g/mol. The van der Waals surface area contributed by atoms with Crippen LogP contribution in [0.15, 0.2) is 64.7 Å². The van der Waals surface area contributed by atoms with Gasteiger partial charge in [-0.25, -0.2) is 9.59 Å². The topological polar surface area (TPSA) is 277 Å². The quantitative estimate of drug-likeness (QED) is 0.0231. The van der Waals surface area contributed by atoms with Crippen LogP contribution in [0.3, 0.4) is 0 Å². The Morgan fingerprint density at radius 1 is 1.15 bits per heavy atom. The number of esters is 1. The number of carbonyl (C=O) groups excluding carboxylic acids is 1. The van der Waals surface area contributed by atoms with Crippen LogP contribution in [-0.2, 0) is 33.3 Å². The molecule has 11 N–H and O–H groups in total. The van der Waals surface area contributed by atoms with Crippen molar-refractivity contribution in [2.24, 2.45) is 33.9 Å². The number of aliphatic imine (C=N–C) groups is 1. The van der Waals surface area contributed by atoms with Gasteiger partial charge in [0, 0.05) is 36.3 Å². The number of aliphatic carboxylic acids is 1. The van der Waals surface area contributed by atoms with Gasteiger partial charge in [-0.15, -0.1) is 6.58 Å². The number of guanidine groups is 1. The number of hydrogen-bond acceptors (Lipinski definition) is 16. The van der Waals surface area contributed by atoms with Crippen LogP contribution in [0.4, 0.5) is 0 Å². The van der Waals surface area contributed by atoms with Crippen molar-refractivity contribution in [1.29, 1.82) is 0 Å². The van der Waals surface area contributed by atoms with Crippen LogP contribution in [0.25, 0.3) is 0 Å². The third-order valence-corrected chi connectivity index (χ3v) is 15.3. The summed E-state index contributed by atoms with van der Waals surface area (Å²) in [6.07, 6.45) is 4.92. The molecule has 4 aliphatic heterocycles. The SMILES string of the molecule is C=C[C@H]1[C@H](O[C@@H]2O[C@H](CO)[C@@H](O)C(O)(O)[C@H]2OC(C)C)OC=C2C(=O)O[C@@H]3CCC4(CCCC4)[C@@H]3CSSC[C@@H](CO)[NH+]3C=C(C(=O)O)C(NC(N)=NCCCO)=C(/C=C/[C@H]21)C3. The largest absolute Gasteiger partial charge is 0.477 e. The molecule has 4 heterocycles. The summed E-state index contributed by atoms with van der Waals surface area (Å²) in [5.41, 5.74) is 6.88. The lowest BCUT2D eigenvalue weighted by Crippen LogP contribution is -3.13. The number of carboxylic acids is 1. The first-order chi connectivity index (χ1) is 29.7. The molecule has 11 atom stereocenters. The number of nitrogens with two attached hydrogens (primary N) is 1. The normalized spacial score (nSPS) is 35.6. The van der Waals surface area contributed by atoms with Crippen molar-refractivity contribution in [3.8, 4) is 0 Å². The second kappa shape index (κ2) is 21.3. The van der Waals surface area contributed by atoms with Crippen LogP contribution in [-0.4, -0.2) is 153 Å². The summed E-state index contributed by atoms with van der Waals surface area (Å²) in [5.74, 6) is -5.39. The number of quaternary nitrogens is 1. The van der Waals surface area contributed by atoms with Crippen molar-refractivity contribution in [3.63, 3.8) is 0 Å². The standard InChI is InChI=1S/C42H62N4O14S2/c1-4-26-27-9-8-24-16-46(17-28(36(51)52)33(24)45-40(43)44-14-7-15-47)25(18-48)21-61-62-22-30-31(10-13-41(30)11-5-6-12-41)58-37(53)29(27)20-56-38(26)60-39-35(57-23(2)3)42(54,55)34(50)32(19-49)59-39/h4,8-9,17,20,23,25-27,30-32,34-35,38-39,47-50,54-55H,1,5-7,10-16,18-19,21-22H2,2-3H3,(H,51,52)(H3,43,44,45)/p+1/b9-8+/t25-,26-,27+,30-,31-,32-,34-,35+,38+,39+/m1/s1. The highest BCUT2D eigenvalue weighted by Crippen LogP contribution is 2.57. The van der Waals surface area contributed by atoms with Gasteiger partial charge >= 0.3 is 11.9 Å². The molecule has 1 unspecified atom stereocenters. The minimum absolute atomic E-state index is 0.0481. The maximum absolute atomic E-state index is 14.5. The van der Waals surface area contributed by atoms with Gasteiger partial charge in [0.15, 0.2) is 18.4 Å². The molecule has 6 rings (SSSR count). The summed E-state index contributed by atoms with van der Waals surface area (Å²) in [6, 6.07) is -0.395. The Morgan fingerprint density at radius 2 is 1.89 bits per heavy atom. The van der Waals surface area contributed by atoms with Gasteiger partial charge in [-0.1, -0.05) is 52.7 Å². The fraction of sp³-hybridized carbons (Fsp3) is 0.690. The van der Waals surface area contributed by atoms with Crippen LogP contribution in [0.2, 0.25) is 0 Å². The van der Waals surface area contributed by atoms with E-state index in [4.69, 9.17) is 29.4 Å². The molecular weight excluding hydrogens is 849 g/mol. The monoisotopic (exact) mass is 911 g/mol. The number of carbonyl (C=O) groups is 2. The maximum atomic E-state index is 14.5. The first kappa shape index (κ1) is 48.5. The average Bonchev–Trinajstić information content (AvgIpc) is 3.85. The van der Waals surface area contributed by atoms with E-state index in [2.05, 4.69) is 16.9 Å². The molecule has 2 saturated carbocycles. The Balaban J connectivity index is 1.44. The number of nitrogens with zero attached hydrogens (tertiary/aromatic N) is 1. The predicted molar refractivity (Wildman–Crippen MR) is 228 cm³/mol. The van der Waals surface area contributed by atoms with Crippen LogP contribution in [0, 0.1) is 23.2 Å². The molecule has 346 valence electrons. The Kier molecular flexibility index (Phi) is 16.7. The molecule has 62 heavy (non-hydrogen) atoms. The van der Waals surface area contributed by atoms with E-state index >= 15 is 0 Å². The summed E-state index contributed by atoms with van der Waals surface area (Å²) in [5, 5.41) is 76.4. The molecule has 6 aliphatic rings. The Hall–Kier alpha value is -2.99. The molecule has 2 aliphatic carbocycles. The fourth-order valence-electron chi connectivity index (χ4n) is 9.52. The lowest BCUT2D eigenvalue weighted by molar-refractivity contribution is -0.867. The van der Waals surface area contributed by atoms with Gasteiger partial charge in [-0.2, -0.15) is 0 Å². The van der Waals surface area contributed by atoms with Gasteiger partial charge in [0.25, 0.3) is 0 Å². The van der Waals surface area contributed by atoms with E-state index in [-0.39, 0.29) is 66.5 Å². The molecule has 18 nitrogen and oxygen atoms in total. The van der Waals surface area contributed by atoms with Crippen molar-refractivity contribution >= 4 is 39.5 Å². The number of fused-ring (bicyclic) bond motifs is 5. The number of carboxylic acid groups (broad SMARTS) is 1. The van der Waals surface area contributed by atoms with Crippen molar-refractivity contribution in [1.82, 2.24) is 5.32 Å². The van der Waals surface area contributed by atoms with Gasteiger partial charge in [-0.05, 0) is 51.4 Å². The molecule has 3 fully saturated rings. The first-order valence-corrected chi connectivity index (χ1v) is 23.8. The minimum Gasteiger partial charge on any atom is -0.477 e. The maximum Gasteiger partial charge on any atom is 0.343 e. The summed E-state index contributed by atoms with van der Waals surface area (Å²) >= 11 is 0. The highest BCUT2D eigenvalue weighted by Gasteiger charge is 2.58. The van der Waals surface area contributed by atoms with E-state index in [0.717, 1.165) is 32.1 Å². The Bertz CT molecular complexity index is 1770. The van der Waals surface area contributed by atoms with E-state index in [1.54, 1.807) is 53.8 Å². The van der Waals surface area contributed by atoms with E-state index in [9.17, 15) is 45.3 Å². The molecule has 20 heteroatoms. The van der Waals surface area contributed by atoms with Gasteiger partial charge in [-0.3, -0.25) is 9.89 Å². The van der Waals surface area contributed by atoms with Crippen molar-refractivity contribution in [2.45, 2.75) is 114 Å². The summed E-state index contributed by atoms with van der Waals surface area (Å²) in [4.78, 5) is 32.4. The number of allylic oxidation sites excluding steroid dienone is 1. The number of ether oxygens (including phenoxy) is 5. The predicted octanol–water partition coefficient (Wildman–Crippen LogP) is -0.184. The Morgan fingerprint density at radius 3 is 2.55 bits per heavy atom. The zero-order valence-electron chi connectivity index (χ0n) is 35.2. The zero-order chi connectivity index (χ0) is 44.8. The van der Waals surface area contributed by atoms with Gasteiger partial charge in [0.2, 0.25) is 12.1 Å². The lowest BCUT2D eigenvalue weighted by atomic mass is 9.77. The smallest absolute Gasteiger partial charge is 0.343 e. The molecule has 2 bridgehead atoms. The van der Waals surface area contributed by atoms with E-state index in [1.807, 2.05) is 0 Å². The van der Waals surface area contributed by atoms with Crippen LogP contribution in [0.5, 0.6) is 0 Å². The van der Waals surface area contributed by atoms with Gasteiger partial charge in [0.1, 0.15) is 42.7 Å². The van der Waals surface area contributed by atoms with Crippen LogP contribution < -0.4 is 16.0 Å². The number of rotatable bonds is 12. The summed E-state index contributed by atoms with van der Waals surface area (Å²) < 4.78 is 30.5. The molecule has 0 aromatic heterocycles. The summed E-state index contributed by atoms with van der Waals surface area (Å²) in [6.45, 7) is 6.57.